The zero-order chi connectivity index (χ0) is 106. The summed E-state index contributed by atoms with van der Waals surface area (Å²) in [5.74, 6) is -9.77. The van der Waals surface area contributed by atoms with Crippen molar-refractivity contribution < 1.29 is 227 Å². The molecule has 0 aromatic carbocycles. The second-order valence-corrected chi connectivity index (χ2v) is 38.5. The molecule has 8 fully saturated rings. The third-order valence-corrected chi connectivity index (χ3v) is 27.2. The molecule has 0 radical (unpaired) electrons. The van der Waals surface area contributed by atoms with Crippen LogP contribution in [0.4, 0.5) is 0 Å². The van der Waals surface area contributed by atoms with E-state index in [0.29, 0.717) is 12.8 Å². The van der Waals surface area contributed by atoms with Crippen LogP contribution in [0, 0.1) is 0 Å². The van der Waals surface area contributed by atoms with Gasteiger partial charge < -0.3 is 225 Å². The fourth-order valence-corrected chi connectivity index (χ4v) is 19.1. The normalized spacial score (nSPS) is 38.4. The molecule has 0 spiro atoms. The van der Waals surface area contributed by atoms with Crippen LogP contribution in [0.5, 0.6) is 0 Å². The summed E-state index contributed by atoms with van der Waals surface area (Å²) < 4.78 is 97.0. The fourth-order valence-electron chi connectivity index (χ4n) is 19.1. The van der Waals surface area contributed by atoms with Gasteiger partial charge in [0.15, 0.2) is 44.0 Å². The van der Waals surface area contributed by atoms with E-state index in [9.17, 15) is 151 Å². The van der Waals surface area contributed by atoms with Gasteiger partial charge >= 0.3 is 5.97 Å². The molecule has 8 heterocycles. The van der Waals surface area contributed by atoms with Crippen molar-refractivity contribution in [1.82, 2.24) is 26.6 Å². The Hall–Kier alpha value is -5.00. The first kappa shape index (κ1) is 124. The number of rotatable bonds is 61. The molecule has 8 rings (SSSR count). The van der Waals surface area contributed by atoms with Gasteiger partial charge in [0.1, 0.15) is 189 Å². The monoisotopic (exact) mass is 2090 g/mol. The van der Waals surface area contributed by atoms with Gasteiger partial charge in [0, 0.05) is 40.5 Å². The summed E-state index contributed by atoms with van der Waals surface area (Å²) in [5, 5.41) is 287. The van der Waals surface area contributed by atoms with Gasteiger partial charge in [-0.15, -0.1) is 0 Å². The highest BCUT2D eigenvalue weighted by atomic mass is 16.8. The third kappa shape index (κ3) is 34.8. The molecule has 0 aliphatic carbocycles. The molecule has 0 aromatic rings. The lowest BCUT2D eigenvalue weighted by molar-refractivity contribution is -0.400. The first-order valence-corrected chi connectivity index (χ1v) is 50.6. The van der Waals surface area contributed by atoms with E-state index in [0.717, 1.165) is 98.3 Å². The molecular weight excluding hydrogens is 1920 g/mol. The van der Waals surface area contributed by atoms with E-state index in [1.54, 1.807) is 6.08 Å². The van der Waals surface area contributed by atoms with Gasteiger partial charge in [0.25, 0.3) is 5.79 Å². The number of unbranched alkanes of at least 4 members (excludes halogenated alkanes) is 23. The van der Waals surface area contributed by atoms with E-state index in [2.05, 4.69) is 40.4 Å². The maximum absolute atomic E-state index is 13.9. The first-order chi connectivity index (χ1) is 68.7. The van der Waals surface area contributed by atoms with Gasteiger partial charge in [-0.2, -0.15) is 0 Å². The molecule has 51 heteroatoms. The number of nitrogens with one attached hydrogen (secondary N) is 5. The molecule has 8 aliphatic heterocycles. The van der Waals surface area contributed by atoms with Gasteiger partial charge in [-0.25, -0.2) is 4.79 Å². The Morgan fingerprint density at radius 2 is 0.729 bits per heavy atom. The summed E-state index contributed by atoms with van der Waals surface area (Å²) in [6.45, 7) is -1.69. The molecule has 0 saturated carbocycles. The number of carboxylic acid groups (broad SMARTS) is 1. The standard InChI is InChI=1S/C93H163N5O46/c1-7-9-11-13-15-17-19-21-23-25-27-29-31-33-50(110)49(98-60(113)34-32-30-28-26-24-22-20-18-16-14-12-10-8-2)43-129-88-74(123)73(122)79(57(41-104)135-88)139-90-76(125)83(142-89-75(124)82(68(117)55(39-102)133-89)141-87-63(96-47(5)108)71(120)67(116)54(38-101)132-87)69(118)59(137-90)44-130-85-64(97-48(6)109)72(121)78(56(40-103)134-85)138-91-77(126)84(80(58(42-105)136-91)140-86-62(95-46(4)107)70(119)66(115)53(37-100)131-86)144-93(92(127)128)35-51(111)61(94-45(3)106)81(143-93)65(114)52(112)36-99/h31,33,49-59,61-91,99-105,110-112,114-126H,7-30,32,34-44H2,1-6H3,(H,94,106)(H,95,107)(H,96,108)(H,97,109)(H,98,113)(H,127,128)/b33-31+/t49-,50+,51?,52+,53?,54?,55?,56?,57?,58?,59?,61+,62?,63?,64?,65+,66-,67-,68-,69-,70+,71+,72+,73+,74?,75?,76?,77?,78+,79+,80-,81?,82-,83-,84+,85+,86-,87-,88+,89-,90-,91-,93-/m0/s1. The van der Waals surface area contributed by atoms with Crippen LogP contribution >= 0.6 is 0 Å². The minimum Gasteiger partial charge on any atom is -0.477 e. The molecule has 144 heavy (non-hydrogen) atoms. The molecule has 0 aromatic heterocycles. The van der Waals surface area contributed by atoms with E-state index in [1.807, 2.05) is 0 Å². The number of carbonyl (C=O) groups excluding carboxylic acids is 5. The zero-order valence-electron chi connectivity index (χ0n) is 82.6. The predicted molar refractivity (Wildman–Crippen MR) is 490 cm³/mol. The van der Waals surface area contributed by atoms with Crippen molar-refractivity contribution in [3.05, 3.63) is 12.2 Å². The smallest absolute Gasteiger partial charge is 0.364 e. The minimum absolute atomic E-state index is 0.0872. The first-order valence-electron chi connectivity index (χ1n) is 50.6. The van der Waals surface area contributed by atoms with E-state index in [-0.39, 0.29) is 6.42 Å². The van der Waals surface area contributed by atoms with E-state index >= 15 is 0 Å². The zero-order valence-corrected chi connectivity index (χ0v) is 82.6. The number of allylic oxidation sites excluding steroid dienone is 1. The molecule has 836 valence electrons. The number of aliphatic hydroxyl groups excluding tert-OH is 23. The van der Waals surface area contributed by atoms with Crippen LogP contribution in [0.1, 0.15) is 215 Å². The molecule has 0 bridgehead atoms. The number of aliphatic hydroxyl groups is 23. The SMILES string of the molecule is CCCCCCCCCCCCC/C=C/[C@@H](O)[C@H](CO[C@@H]1OC(CO)[C@@H](O[C@@H]2OC(CO[C@@H]3OC(CO)[C@@H](O[C@@H]4OC(CO)[C@H](O[C@@H]5OC(CO)[C@H](O)[C@H](O)C5NC(C)=O)[C@H](O[C@]5(C(=O)O)CC(O)[C@@H](NC(C)=O)C([C@H](O)[C@H](O)CO)O5)C4O)[C@H](O)C3NC(C)=O)[C@H](O)[C@H](O[C@@H]3OC(CO)[C@H](O)[C@H](O[C@@H]4OC(CO)[C@H](O)[C@H](O)C4NC(C)=O)C3O)C2O)[C@H](O)C1O)NC(=O)CCCCCCCCCCCCCCC. The van der Waals surface area contributed by atoms with Crippen LogP contribution < -0.4 is 26.6 Å². The van der Waals surface area contributed by atoms with Crippen LogP contribution in [0.25, 0.3) is 0 Å². The van der Waals surface area contributed by atoms with Gasteiger partial charge in [0.05, 0.1) is 83.8 Å². The predicted octanol–water partition coefficient (Wildman–Crippen LogP) is -8.06. The van der Waals surface area contributed by atoms with E-state index in [4.69, 9.17) is 75.8 Å². The van der Waals surface area contributed by atoms with Crippen LogP contribution in [0.3, 0.4) is 0 Å². The second kappa shape index (κ2) is 62.2. The van der Waals surface area contributed by atoms with Crippen molar-refractivity contribution >= 4 is 35.5 Å². The highest BCUT2D eigenvalue weighted by Gasteiger charge is 2.64. The molecular formula is C93H163N5O46. The lowest BCUT2D eigenvalue weighted by Crippen LogP contribution is -2.72. The van der Waals surface area contributed by atoms with Crippen molar-refractivity contribution in [1.29, 1.82) is 0 Å². The van der Waals surface area contributed by atoms with E-state index in [1.165, 1.54) is 83.1 Å². The molecule has 5 amide bonds. The number of ether oxygens (including phenoxy) is 16. The van der Waals surface area contributed by atoms with Crippen LogP contribution in [-0.2, 0) is 105 Å². The summed E-state index contributed by atoms with van der Waals surface area (Å²) in [6, 6.07) is -8.65. The Bertz CT molecular complexity index is 3740. The van der Waals surface area contributed by atoms with Gasteiger partial charge in [0.2, 0.25) is 29.5 Å². The van der Waals surface area contributed by atoms with Gasteiger partial charge in [-0.1, -0.05) is 167 Å². The minimum atomic E-state index is -3.46. The molecule has 43 atom stereocenters. The van der Waals surface area contributed by atoms with Crippen LogP contribution in [0.15, 0.2) is 12.2 Å². The Morgan fingerprint density at radius 1 is 0.368 bits per heavy atom. The summed E-state index contributed by atoms with van der Waals surface area (Å²) in [5.41, 5.74) is 0. The van der Waals surface area contributed by atoms with Crippen LogP contribution in [-0.4, -0.2) is 481 Å². The number of carboxylic acids is 1. The van der Waals surface area contributed by atoms with Crippen molar-refractivity contribution in [2.45, 2.75) is 478 Å². The Labute approximate surface area is 835 Å². The number of amides is 5. The molecule has 8 aliphatic rings. The highest BCUT2D eigenvalue weighted by Crippen LogP contribution is 2.43. The molecule has 8 saturated heterocycles. The summed E-state index contributed by atoms with van der Waals surface area (Å²) >= 11 is 0. The lowest BCUT2D eigenvalue weighted by Gasteiger charge is -2.52. The highest BCUT2D eigenvalue weighted by molar-refractivity contribution is 5.77. The number of carbonyl (C=O) groups is 6. The van der Waals surface area contributed by atoms with Crippen LogP contribution in [0.2, 0.25) is 0 Å². The quantitative estimate of drug-likeness (QED) is 0.0199. The summed E-state index contributed by atoms with van der Waals surface area (Å²) in [4.78, 5) is 78.8. The largest absolute Gasteiger partial charge is 0.477 e. The number of hydrogen-bond donors (Lipinski definition) is 29. The lowest BCUT2D eigenvalue weighted by atomic mass is 9.88. The molecule has 51 nitrogen and oxygen atoms in total. The average Bonchev–Trinajstić information content (AvgIpc) is 0.722. The topological polar surface area (TPSA) is 796 Å². The molecule has 29 N–H and O–H groups in total. The fraction of sp³-hybridized carbons (Fsp3) is 0.914. The van der Waals surface area contributed by atoms with Crippen molar-refractivity contribution in [3.63, 3.8) is 0 Å². The average molecular weight is 2090 g/mol. The summed E-state index contributed by atoms with van der Waals surface area (Å²) in [7, 11) is 0. The van der Waals surface area contributed by atoms with Gasteiger partial charge in [-0.3, -0.25) is 24.0 Å². The van der Waals surface area contributed by atoms with Crippen molar-refractivity contribution in [3.8, 4) is 0 Å². The summed E-state index contributed by atoms with van der Waals surface area (Å²) in [6.07, 6.45) is -50.7. The number of aliphatic carboxylic acids is 1. The Morgan fingerprint density at radius 3 is 1.18 bits per heavy atom. The van der Waals surface area contributed by atoms with Crippen molar-refractivity contribution in [2.24, 2.45) is 0 Å². The maximum Gasteiger partial charge on any atom is 0.364 e. The third-order valence-electron chi connectivity index (χ3n) is 27.2. The number of hydrogen-bond acceptors (Lipinski definition) is 45. The molecule has 16 unspecified atom stereocenters. The Balaban J connectivity index is 1.08. The van der Waals surface area contributed by atoms with E-state index < -0.39 is 365 Å². The van der Waals surface area contributed by atoms with Crippen molar-refractivity contribution in [2.75, 3.05) is 59.5 Å². The second-order valence-electron chi connectivity index (χ2n) is 38.5. The Kier molecular flexibility index (Phi) is 53.7. The maximum atomic E-state index is 13.9. The van der Waals surface area contributed by atoms with Gasteiger partial charge in [-0.05, 0) is 19.3 Å².